The van der Waals surface area contributed by atoms with Gasteiger partial charge in [-0.05, 0) is 36.8 Å². The first-order valence-electron chi connectivity index (χ1n) is 5.39. The quantitative estimate of drug-likeness (QED) is 0.777. The van der Waals surface area contributed by atoms with Crippen LogP contribution in [-0.4, -0.2) is 6.61 Å². The number of benzene rings is 2. The van der Waals surface area contributed by atoms with E-state index in [9.17, 15) is 4.39 Å². The van der Waals surface area contributed by atoms with Gasteiger partial charge >= 0.3 is 0 Å². The van der Waals surface area contributed by atoms with Crippen LogP contribution in [0.3, 0.4) is 0 Å². The molecule has 88 valence electrons. The molecule has 0 saturated heterocycles. The van der Waals surface area contributed by atoms with Crippen LogP contribution in [0.15, 0.2) is 42.5 Å². The summed E-state index contributed by atoms with van der Waals surface area (Å²) in [4.78, 5) is 0. The Morgan fingerprint density at radius 1 is 1.18 bits per heavy atom. The highest BCUT2D eigenvalue weighted by Gasteiger charge is 2.09. The second kappa shape index (κ2) is 5.19. The van der Waals surface area contributed by atoms with Crippen LogP contribution in [0.5, 0.6) is 5.75 Å². The van der Waals surface area contributed by atoms with Crippen molar-refractivity contribution in [3.05, 3.63) is 53.3 Å². The van der Waals surface area contributed by atoms with Crippen LogP contribution < -0.4 is 4.74 Å². The highest BCUT2D eigenvalue weighted by Crippen LogP contribution is 2.32. The number of hydrogen-bond acceptors (Lipinski definition) is 1. The molecule has 0 N–H and O–H groups in total. The molecule has 0 aliphatic carbocycles. The van der Waals surface area contributed by atoms with Crippen molar-refractivity contribution >= 4 is 11.6 Å². The maximum atomic E-state index is 13.7. The summed E-state index contributed by atoms with van der Waals surface area (Å²) < 4.78 is 19.1. The van der Waals surface area contributed by atoms with Crippen LogP contribution in [0, 0.1) is 5.82 Å². The van der Waals surface area contributed by atoms with Crippen molar-refractivity contribution in [2.75, 3.05) is 6.61 Å². The number of ether oxygens (including phenoxy) is 1. The third-order valence-corrected chi connectivity index (χ3v) is 2.71. The minimum absolute atomic E-state index is 0.328. The van der Waals surface area contributed by atoms with E-state index in [1.54, 1.807) is 18.2 Å². The predicted octanol–water partition coefficient (Wildman–Crippen LogP) is 4.54. The van der Waals surface area contributed by atoms with Crippen molar-refractivity contribution < 1.29 is 9.13 Å². The predicted molar refractivity (Wildman–Crippen MR) is 68.0 cm³/mol. The van der Waals surface area contributed by atoms with Gasteiger partial charge in [0.25, 0.3) is 0 Å². The van der Waals surface area contributed by atoms with Gasteiger partial charge in [-0.1, -0.05) is 29.8 Å². The van der Waals surface area contributed by atoms with Crippen molar-refractivity contribution in [1.82, 2.24) is 0 Å². The fourth-order valence-corrected chi connectivity index (χ4v) is 1.95. The highest BCUT2D eigenvalue weighted by atomic mass is 35.5. The number of halogens is 2. The second-order valence-corrected chi connectivity index (χ2v) is 3.96. The molecule has 0 aliphatic heterocycles. The third kappa shape index (κ3) is 2.59. The molecular formula is C14H12ClFO. The Balaban J connectivity index is 2.49. The van der Waals surface area contributed by atoms with E-state index in [-0.39, 0.29) is 5.82 Å². The topological polar surface area (TPSA) is 9.23 Å². The molecule has 0 radical (unpaired) electrons. The zero-order valence-electron chi connectivity index (χ0n) is 9.41. The molecule has 0 unspecified atom stereocenters. The lowest BCUT2D eigenvalue weighted by molar-refractivity contribution is 0.340. The van der Waals surface area contributed by atoms with Crippen molar-refractivity contribution in [3.8, 4) is 16.9 Å². The maximum Gasteiger partial charge on any atom is 0.132 e. The zero-order valence-corrected chi connectivity index (χ0v) is 10.2. The van der Waals surface area contributed by atoms with E-state index in [4.69, 9.17) is 16.3 Å². The van der Waals surface area contributed by atoms with Gasteiger partial charge in [0.05, 0.1) is 11.6 Å². The molecule has 0 spiro atoms. The van der Waals surface area contributed by atoms with Gasteiger partial charge in [0.2, 0.25) is 0 Å². The first-order chi connectivity index (χ1) is 8.22. The van der Waals surface area contributed by atoms with Crippen molar-refractivity contribution in [2.24, 2.45) is 0 Å². The number of hydrogen-bond donors (Lipinski definition) is 0. The highest BCUT2D eigenvalue weighted by molar-refractivity contribution is 6.33. The average Bonchev–Trinajstić information content (AvgIpc) is 2.30. The van der Waals surface area contributed by atoms with Crippen LogP contribution in [0.4, 0.5) is 4.39 Å². The van der Waals surface area contributed by atoms with Gasteiger partial charge in [0.15, 0.2) is 0 Å². The molecule has 0 fully saturated rings. The summed E-state index contributed by atoms with van der Waals surface area (Å²) in [5.74, 6) is 0.385. The first-order valence-corrected chi connectivity index (χ1v) is 5.77. The van der Waals surface area contributed by atoms with Gasteiger partial charge in [-0.2, -0.15) is 0 Å². The fourth-order valence-electron chi connectivity index (χ4n) is 1.68. The van der Waals surface area contributed by atoms with Crippen LogP contribution in [0.1, 0.15) is 6.92 Å². The van der Waals surface area contributed by atoms with E-state index in [0.29, 0.717) is 22.9 Å². The lowest BCUT2D eigenvalue weighted by atomic mass is 10.0. The van der Waals surface area contributed by atoms with Gasteiger partial charge < -0.3 is 4.74 Å². The Hall–Kier alpha value is -1.54. The smallest absolute Gasteiger partial charge is 0.132 e. The van der Waals surface area contributed by atoms with Gasteiger partial charge in [-0.15, -0.1) is 0 Å². The minimum atomic E-state index is -0.328. The van der Waals surface area contributed by atoms with E-state index >= 15 is 0 Å². The molecule has 2 rings (SSSR count). The summed E-state index contributed by atoms with van der Waals surface area (Å²) in [5.41, 5.74) is 1.13. The SMILES string of the molecule is CCOc1cccc(-c2c(F)cccc2Cl)c1. The molecular weight excluding hydrogens is 239 g/mol. The maximum absolute atomic E-state index is 13.7. The Kier molecular flexibility index (Phi) is 3.64. The van der Waals surface area contributed by atoms with Crippen molar-refractivity contribution in [3.63, 3.8) is 0 Å². The fraction of sp³-hybridized carbons (Fsp3) is 0.143. The summed E-state index contributed by atoms with van der Waals surface area (Å²) in [7, 11) is 0. The largest absolute Gasteiger partial charge is 0.494 e. The average molecular weight is 251 g/mol. The van der Waals surface area contributed by atoms with Crippen molar-refractivity contribution in [2.45, 2.75) is 6.92 Å². The lowest BCUT2D eigenvalue weighted by Gasteiger charge is -2.08. The molecule has 0 saturated carbocycles. The molecule has 1 nitrogen and oxygen atoms in total. The summed E-state index contributed by atoms with van der Waals surface area (Å²) >= 11 is 6.01. The van der Waals surface area contributed by atoms with E-state index in [0.717, 1.165) is 5.56 Å². The van der Waals surface area contributed by atoms with Crippen LogP contribution in [0.2, 0.25) is 5.02 Å². The van der Waals surface area contributed by atoms with Gasteiger partial charge in [0.1, 0.15) is 11.6 Å². The van der Waals surface area contributed by atoms with E-state index in [2.05, 4.69) is 0 Å². The molecule has 3 heteroatoms. The zero-order chi connectivity index (χ0) is 12.3. The molecule has 0 aromatic heterocycles. The third-order valence-electron chi connectivity index (χ3n) is 2.40. The summed E-state index contributed by atoms with van der Waals surface area (Å²) in [6.07, 6.45) is 0. The first kappa shape index (κ1) is 11.9. The molecule has 2 aromatic rings. The Morgan fingerprint density at radius 2 is 1.94 bits per heavy atom. The normalized spacial score (nSPS) is 10.3. The van der Waals surface area contributed by atoms with Gasteiger partial charge in [-0.25, -0.2) is 4.39 Å². The molecule has 0 atom stereocenters. The Bertz CT molecular complexity index is 505. The standard InChI is InChI=1S/C14H12ClFO/c1-2-17-11-6-3-5-10(9-11)14-12(15)7-4-8-13(14)16/h3-9H,2H2,1H3. The lowest BCUT2D eigenvalue weighted by Crippen LogP contribution is -1.92. The summed E-state index contributed by atoms with van der Waals surface area (Å²) in [6, 6.07) is 11.9. The molecule has 0 bridgehead atoms. The van der Waals surface area contributed by atoms with Crippen LogP contribution >= 0.6 is 11.6 Å². The van der Waals surface area contributed by atoms with Crippen LogP contribution in [0.25, 0.3) is 11.1 Å². The van der Waals surface area contributed by atoms with Gasteiger partial charge in [-0.3, -0.25) is 0 Å². The molecule has 2 aromatic carbocycles. The molecule has 17 heavy (non-hydrogen) atoms. The molecule has 0 heterocycles. The Labute approximate surface area is 105 Å². The molecule has 0 amide bonds. The minimum Gasteiger partial charge on any atom is -0.494 e. The van der Waals surface area contributed by atoms with Crippen molar-refractivity contribution in [1.29, 1.82) is 0 Å². The molecule has 0 aliphatic rings. The second-order valence-electron chi connectivity index (χ2n) is 3.56. The van der Waals surface area contributed by atoms with Crippen LogP contribution in [-0.2, 0) is 0 Å². The Morgan fingerprint density at radius 3 is 2.65 bits per heavy atom. The summed E-state index contributed by atoms with van der Waals surface area (Å²) in [5, 5.41) is 0.402. The number of rotatable bonds is 3. The van der Waals surface area contributed by atoms with E-state index in [1.807, 2.05) is 25.1 Å². The van der Waals surface area contributed by atoms with E-state index < -0.39 is 0 Å². The van der Waals surface area contributed by atoms with E-state index in [1.165, 1.54) is 6.07 Å². The van der Waals surface area contributed by atoms with Gasteiger partial charge in [0, 0.05) is 5.56 Å². The summed E-state index contributed by atoms with van der Waals surface area (Å²) in [6.45, 7) is 2.48. The monoisotopic (exact) mass is 250 g/mol.